The van der Waals surface area contributed by atoms with Gasteiger partial charge in [-0.3, -0.25) is 4.79 Å². The van der Waals surface area contributed by atoms with Crippen LogP contribution in [0.25, 0.3) is 0 Å². The molecule has 0 aliphatic rings. The lowest BCUT2D eigenvalue weighted by molar-refractivity contribution is -0.119. The van der Waals surface area contributed by atoms with Crippen molar-refractivity contribution < 1.29 is 4.79 Å². The van der Waals surface area contributed by atoms with Gasteiger partial charge in [-0.05, 0) is 26.2 Å². The van der Waals surface area contributed by atoms with Crippen molar-refractivity contribution in [1.82, 2.24) is 20.6 Å². The predicted molar refractivity (Wildman–Crippen MR) is 67.3 cm³/mol. The number of rotatable bonds is 9. The first-order chi connectivity index (χ1) is 8.59. The van der Waals surface area contributed by atoms with Crippen molar-refractivity contribution in [2.24, 2.45) is 5.73 Å². The number of carbonyl (C=O) groups is 1. The van der Waals surface area contributed by atoms with Gasteiger partial charge < -0.3 is 11.1 Å². The Bertz CT molecular complexity index is 375. The van der Waals surface area contributed by atoms with Crippen LogP contribution in [-0.4, -0.2) is 38.2 Å². The zero-order valence-electron chi connectivity index (χ0n) is 10.6. The molecule has 18 heavy (non-hydrogen) atoms. The average Bonchev–Trinajstić information content (AvgIpc) is 2.80. The molecule has 1 aromatic heterocycles. The Labute approximate surface area is 106 Å². The molecule has 0 unspecified atom stereocenters. The van der Waals surface area contributed by atoms with E-state index in [2.05, 4.69) is 20.6 Å². The summed E-state index contributed by atoms with van der Waals surface area (Å²) < 4.78 is 0. The van der Waals surface area contributed by atoms with Gasteiger partial charge in [-0.25, -0.2) is 0 Å². The van der Waals surface area contributed by atoms with E-state index in [1.54, 1.807) is 6.92 Å². The van der Waals surface area contributed by atoms with Crippen molar-refractivity contribution in [3.63, 3.8) is 0 Å². The first-order valence-electron chi connectivity index (χ1n) is 6.14. The van der Waals surface area contributed by atoms with Crippen LogP contribution in [0.2, 0.25) is 0 Å². The molecule has 1 rings (SSSR count). The minimum atomic E-state index is -0.454. The highest BCUT2D eigenvalue weighted by molar-refractivity contribution is 5.85. The van der Waals surface area contributed by atoms with Gasteiger partial charge in [0, 0.05) is 5.71 Å². The topological polar surface area (TPSA) is 121 Å². The van der Waals surface area contributed by atoms with E-state index in [4.69, 9.17) is 11.1 Å². The number of H-pyrrole nitrogens is 1. The average molecular weight is 252 g/mol. The number of aromatic amines is 1. The van der Waals surface area contributed by atoms with E-state index >= 15 is 0 Å². The first-order valence-corrected chi connectivity index (χ1v) is 6.14. The van der Waals surface area contributed by atoms with Crippen molar-refractivity contribution in [2.45, 2.75) is 51.5 Å². The van der Waals surface area contributed by atoms with Gasteiger partial charge in [0.1, 0.15) is 0 Å². The number of ketones is 1. The summed E-state index contributed by atoms with van der Waals surface area (Å²) in [6.45, 7) is 1.81. The number of Topliss-reactive ketones (excluding diaryl/α,β-unsaturated/α-hetero) is 1. The van der Waals surface area contributed by atoms with Crippen molar-refractivity contribution in [1.29, 1.82) is 5.41 Å². The Morgan fingerprint density at radius 1 is 1.44 bits per heavy atom. The molecule has 1 aromatic rings. The molecule has 4 N–H and O–H groups in total. The lowest BCUT2D eigenvalue weighted by atomic mass is 10.0. The minimum Gasteiger partial charge on any atom is -0.321 e. The fourth-order valence-corrected chi connectivity index (χ4v) is 1.64. The van der Waals surface area contributed by atoms with Crippen LogP contribution < -0.4 is 5.73 Å². The van der Waals surface area contributed by atoms with Crippen LogP contribution in [0.5, 0.6) is 0 Å². The molecule has 0 saturated carbocycles. The summed E-state index contributed by atoms with van der Waals surface area (Å²) in [6, 6.07) is -0.454. The number of nitrogens with one attached hydrogen (secondary N) is 2. The van der Waals surface area contributed by atoms with Crippen molar-refractivity contribution in [2.75, 3.05) is 0 Å². The number of nitrogens with two attached hydrogens (primary N) is 1. The van der Waals surface area contributed by atoms with Gasteiger partial charge in [0.05, 0.1) is 12.5 Å². The van der Waals surface area contributed by atoms with Crippen molar-refractivity contribution >= 4 is 11.5 Å². The van der Waals surface area contributed by atoms with Crippen LogP contribution in [0, 0.1) is 5.41 Å². The smallest absolute Gasteiger partial charge is 0.181 e. The third-order valence-corrected chi connectivity index (χ3v) is 2.70. The molecule has 1 heterocycles. The molecular formula is C11H20N6O. The van der Waals surface area contributed by atoms with Crippen molar-refractivity contribution in [3.05, 3.63) is 5.82 Å². The minimum absolute atomic E-state index is 0.0559. The Balaban J connectivity index is 2.14. The summed E-state index contributed by atoms with van der Waals surface area (Å²) in [6.07, 6.45) is 4.53. The third kappa shape index (κ3) is 5.62. The van der Waals surface area contributed by atoms with Crippen LogP contribution in [-0.2, 0) is 11.2 Å². The van der Waals surface area contributed by atoms with Gasteiger partial charge in [-0.15, -0.1) is 10.2 Å². The molecular weight excluding hydrogens is 232 g/mol. The number of hydrogen-bond donors (Lipinski definition) is 3. The molecule has 0 spiro atoms. The normalized spacial score (nSPS) is 12.3. The second-order valence-corrected chi connectivity index (χ2v) is 4.46. The van der Waals surface area contributed by atoms with E-state index in [1.807, 2.05) is 0 Å². The number of carbonyl (C=O) groups excluding carboxylic acids is 1. The monoisotopic (exact) mass is 252 g/mol. The van der Waals surface area contributed by atoms with Crippen LogP contribution >= 0.6 is 0 Å². The van der Waals surface area contributed by atoms with Crippen LogP contribution in [0.4, 0.5) is 0 Å². The SMILES string of the molecule is CC(=N)CCCCC[C@H](N)C(=O)Cc1nn[nH]n1. The fourth-order valence-electron chi connectivity index (χ4n) is 1.64. The molecule has 100 valence electrons. The maximum atomic E-state index is 11.7. The van der Waals surface area contributed by atoms with E-state index in [0.717, 1.165) is 25.7 Å². The molecule has 0 aromatic carbocycles. The highest BCUT2D eigenvalue weighted by Crippen LogP contribution is 2.07. The van der Waals surface area contributed by atoms with Gasteiger partial charge >= 0.3 is 0 Å². The maximum Gasteiger partial charge on any atom is 0.181 e. The number of aromatic nitrogens is 4. The second-order valence-electron chi connectivity index (χ2n) is 4.46. The predicted octanol–water partition coefficient (Wildman–Crippen LogP) is 0.629. The summed E-state index contributed by atoms with van der Waals surface area (Å²) >= 11 is 0. The van der Waals surface area contributed by atoms with Crippen LogP contribution in [0.15, 0.2) is 0 Å². The summed E-state index contributed by atoms with van der Waals surface area (Å²) in [5.41, 5.74) is 6.50. The molecule has 0 radical (unpaired) electrons. The van der Waals surface area contributed by atoms with E-state index < -0.39 is 6.04 Å². The van der Waals surface area contributed by atoms with Gasteiger partial charge in [0.2, 0.25) is 0 Å². The molecule has 0 saturated heterocycles. The molecule has 0 fully saturated rings. The largest absolute Gasteiger partial charge is 0.321 e. The summed E-state index contributed by atoms with van der Waals surface area (Å²) in [7, 11) is 0. The van der Waals surface area contributed by atoms with Gasteiger partial charge in [0.15, 0.2) is 11.6 Å². The lowest BCUT2D eigenvalue weighted by Crippen LogP contribution is -2.32. The summed E-state index contributed by atoms with van der Waals surface area (Å²) in [5, 5.41) is 20.4. The van der Waals surface area contributed by atoms with E-state index in [-0.39, 0.29) is 12.2 Å². The first kappa shape index (κ1) is 14.4. The molecule has 0 bridgehead atoms. The summed E-state index contributed by atoms with van der Waals surface area (Å²) in [5.74, 6) is 0.328. The Kier molecular flexibility index (Phi) is 6.13. The zero-order valence-corrected chi connectivity index (χ0v) is 10.6. The molecule has 0 amide bonds. The molecule has 0 aliphatic carbocycles. The third-order valence-electron chi connectivity index (χ3n) is 2.70. The van der Waals surface area contributed by atoms with Crippen LogP contribution in [0.1, 0.15) is 44.9 Å². The van der Waals surface area contributed by atoms with Gasteiger partial charge in [-0.1, -0.05) is 18.1 Å². The number of tetrazole rings is 1. The van der Waals surface area contributed by atoms with E-state index in [0.29, 0.717) is 18.0 Å². The Hall–Kier alpha value is -1.63. The molecule has 7 nitrogen and oxygen atoms in total. The highest BCUT2D eigenvalue weighted by atomic mass is 16.1. The van der Waals surface area contributed by atoms with Crippen molar-refractivity contribution in [3.8, 4) is 0 Å². The Morgan fingerprint density at radius 2 is 2.22 bits per heavy atom. The fraction of sp³-hybridized carbons (Fsp3) is 0.727. The Morgan fingerprint density at radius 3 is 2.83 bits per heavy atom. The number of hydrogen-bond acceptors (Lipinski definition) is 6. The number of unbranched alkanes of at least 4 members (excludes halogenated alkanes) is 2. The summed E-state index contributed by atoms with van der Waals surface area (Å²) in [4.78, 5) is 11.7. The highest BCUT2D eigenvalue weighted by Gasteiger charge is 2.15. The molecule has 7 heteroatoms. The van der Waals surface area contributed by atoms with E-state index in [9.17, 15) is 4.79 Å². The molecule has 0 aliphatic heterocycles. The van der Waals surface area contributed by atoms with Gasteiger partial charge in [-0.2, -0.15) is 5.21 Å². The maximum absolute atomic E-state index is 11.7. The van der Waals surface area contributed by atoms with E-state index in [1.165, 1.54) is 0 Å². The second kappa shape index (κ2) is 7.65. The quantitative estimate of drug-likeness (QED) is 0.439. The zero-order chi connectivity index (χ0) is 13.4. The lowest BCUT2D eigenvalue weighted by Gasteiger charge is -2.08. The van der Waals surface area contributed by atoms with Gasteiger partial charge in [0.25, 0.3) is 0 Å². The standard InChI is InChI=1S/C11H20N6O/c1-8(12)5-3-2-4-6-9(13)10(18)7-11-14-16-17-15-11/h9,12H,2-7,13H2,1H3,(H,14,15,16,17)/t9-/m0/s1. The molecule has 1 atom stereocenters. The van der Waals surface area contributed by atoms with Crippen LogP contribution in [0.3, 0.4) is 0 Å². The number of nitrogens with zero attached hydrogens (tertiary/aromatic N) is 3.